The zero-order chi connectivity index (χ0) is 19.7. The molecule has 2 bridgehead atoms. The number of benzene rings is 2. The zero-order valence-corrected chi connectivity index (χ0v) is 15.6. The van der Waals surface area contributed by atoms with Crippen LogP contribution in [0.5, 0.6) is 0 Å². The normalized spacial score (nSPS) is 26.4. The summed E-state index contributed by atoms with van der Waals surface area (Å²) in [6, 6.07) is 12.5. The van der Waals surface area contributed by atoms with Crippen molar-refractivity contribution in [3.63, 3.8) is 0 Å². The SMILES string of the molecule is COC(=O)[C@H]1C[C@H]2CC[C@H](N2)[C@H]1OC(c1ccc(F)cc1)c1ccc(F)cc1. The fraction of sp³-hybridized carbons (Fsp3) is 0.409. The minimum Gasteiger partial charge on any atom is -0.469 e. The molecule has 2 aromatic carbocycles. The van der Waals surface area contributed by atoms with E-state index in [0.717, 1.165) is 24.0 Å². The van der Waals surface area contributed by atoms with E-state index in [4.69, 9.17) is 9.47 Å². The monoisotopic (exact) mass is 387 g/mol. The summed E-state index contributed by atoms with van der Waals surface area (Å²) in [5, 5.41) is 3.52. The fourth-order valence-electron chi connectivity index (χ4n) is 4.37. The number of piperidine rings is 1. The topological polar surface area (TPSA) is 47.6 Å². The second kappa shape index (κ2) is 7.97. The van der Waals surface area contributed by atoms with Crippen molar-refractivity contribution in [3.8, 4) is 0 Å². The standard InChI is InChI=1S/C22H23F2NO3/c1-27-22(26)18-12-17-10-11-19(25-17)21(18)28-20(13-2-6-15(23)7-3-13)14-4-8-16(24)9-5-14/h2-9,17-21,25H,10-12H2,1H3/t17-,18+,19+,21+/m1/s1. The quantitative estimate of drug-likeness (QED) is 0.794. The van der Waals surface area contributed by atoms with Crippen molar-refractivity contribution in [1.29, 1.82) is 0 Å². The van der Waals surface area contributed by atoms with Gasteiger partial charge in [0.15, 0.2) is 0 Å². The van der Waals surface area contributed by atoms with E-state index in [9.17, 15) is 13.6 Å². The lowest BCUT2D eigenvalue weighted by molar-refractivity contribution is -0.156. The molecule has 1 N–H and O–H groups in total. The lowest BCUT2D eigenvalue weighted by atomic mass is 9.88. The van der Waals surface area contributed by atoms with E-state index in [1.54, 1.807) is 24.3 Å². The molecule has 0 radical (unpaired) electrons. The number of carbonyl (C=O) groups is 1. The molecular formula is C22H23F2NO3. The number of hydrogen-bond acceptors (Lipinski definition) is 4. The van der Waals surface area contributed by atoms with Crippen molar-refractivity contribution in [3.05, 3.63) is 71.3 Å². The van der Waals surface area contributed by atoms with E-state index < -0.39 is 6.10 Å². The third-order valence-electron chi connectivity index (χ3n) is 5.75. The first-order valence-corrected chi connectivity index (χ1v) is 9.55. The maximum atomic E-state index is 13.4. The number of ether oxygens (including phenoxy) is 2. The van der Waals surface area contributed by atoms with Crippen LogP contribution in [0.4, 0.5) is 8.78 Å². The molecule has 0 saturated carbocycles. The number of methoxy groups -OCH3 is 1. The van der Waals surface area contributed by atoms with Gasteiger partial charge in [-0.25, -0.2) is 8.78 Å². The van der Waals surface area contributed by atoms with Crippen LogP contribution in [0.1, 0.15) is 36.5 Å². The first-order chi connectivity index (χ1) is 13.5. The van der Waals surface area contributed by atoms with E-state index in [-0.39, 0.29) is 35.7 Å². The maximum Gasteiger partial charge on any atom is 0.311 e. The molecule has 0 aromatic heterocycles. The van der Waals surface area contributed by atoms with E-state index in [1.165, 1.54) is 31.4 Å². The first kappa shape index (κ1) is 19.0. The van der Waals surface area contributed by atoms with Crippen LogP contribution in [0.25, 0.3) is 0 Å². The highest BCUT2D eigenvalue weighted by atomic mass is 19.1. The van der Waals surface area contributed by atoms with Gasteiger partial charge in [-0.3, -0.25) is 4.79 Å². The van der Waals surface area contributed by atoms with Gasteiger partial charge >= 0.3 is 5.97 Å². The number of fused-ring (bicyclic) bond motifs is 2. The number of hydrogen-bond donors (Lipinski definition) is 1. The Balaban J connectivity index is 1.68. The van der Waals surface area contributed by atoms with Crippen LogP contribution in [-0.4, -0.2) is 31.3 Å². The Morgan fingerprint density at radius 2 is 1.57 bits per heavy atom. The van der Waals surface area contributed by atoms with Gasteiger partial charge in [0.25, 0.3) is 0 Å². The second-order valence-electron chi connectivity index (χ2n) is 7.50. The zero-order valence-electron chi connectivity index (χ0n) is 15.6. The highest BCUT2D eigenvalue weighted by Gasteiger charge is 2.47. The minimum absolute atomic E-state index is 0.0475. The highest BCUT2D eigenvalue weighted by molar-refractivity contribution is 5.73. The summed E-state index contributed by atoms with van der Waals surface area (Å²) in [6.07, 6.45) is 1.65. The molecule has 148 valence electrons. The Bertz CT molecular complexity index is 779. The summed E-state index contributed by atoms with van der Waals surface area (Å²) in [7, 11) is 1.39. The molecule has 0 aliphatic carbocycles. The van der Waals surface area contributed by atoms with E-state index >= 15 is 0 Å². The average Bonchev–Trinajstić information content (AvgIpc) is 3.10. The van der Waals surface area contributed by atoms with E-state index in [2.05, 4.69) is 5.32 Å². The van der Waals surface area contributed by atoms with Gasteiger partial charge in [0.1, 0.15) is 17.7 Å². The summed E-state index contributed by atoms with van der Waals surface area (Å²) in [4.78, 5) is 12.4. The van der Waals surface area contributed by atoms with Gasteiger partial charge in [0, 0.05) is 12.1 Å². The largest absolute Gasteiger partial charge is 0.469 e. The van der Waals surface area contributed by atoms with Crippen molar-refractivity contribution in [1.82, 2.24) is 5.32 Å². The molecule has 2 aliphatic heterocycles. The van der Waals surface area contributed by atoms with Crippen molar-refractivity contribution >= 4 is 5.97 Å². The Morgan fingerprint density at radius 1 is 1.00 bits per heavy atom. The summed E-state index contributed by atoms with van der Waals surface area (Å²) in [6.45, 7) is 0. The molecule has 2 fully saturated rings. The van der Waals surface area contributed by atoms with Gasteiger partial charge in [-0.2, -0.15) is 0 Å². The summed E-state index contributed by atoms with van der Waals surface area (Å²) < 4.78 is 38.4. The van der Waals surface area contributed by atoms with Gasteiger partial charge in [-0.1, -0.05) is 24.3 Å². The fourth-order valence-corrected chi connectivity index (χ4v) is 4.37. The molecule has 4 atom stereocenters. The van der Waals surface area contributed by atoms with Crippen LogP contribution in [0.15, 0.2) is 48.5 Å². The lowest BCUT2D eigenvalue weighted by Crippen LogP contribution is -2.53. The summed E-state index contributed by atoms with van der Waals surface area (Å²) in [5.74, 6) is -1.33. The van der Waals surface area contributed by atoms with E-state index in [0.29, 0.717) is 12.5 Å². The average molecular weight is 387 g/mol. The smallest absolute Gasteiger partial charge is 0.311 e. The summed E-state index contributed by atoms with van der Waals surface area (Å²) >= 11 is 0. The Labute approximate surface area is 162 Å². The molecule has 4 nitrogen and oxygen atoms in total. The van der Waals surface area contributed by atoms with Crippen LogP contribution in [0.3, 0.4) is 0 Å². The second-order valence-corrected chi connectivity index (χ2v) is 7.50. The van der Waals surface area contributed by atoms with Crippen molar-refractivity contribution in [2.75, 3.05) is 7.11 Å². The van der Waals surface area contributed by atoms with Gasteiger partial charge in [-0.15, -0.1) is 0 Å². The van der Waals surface area contributed by atoms with Crippen LogP contribution in [0, 0.1) is 17.6 Å². The molecule has 28 heavy (non-hydrogen) atoms. The number of rotatable bonds is 5. The molecule has 0 amide bonds. The minimum atomic E-state index is -0.544. The van der Waals surface area contributed by atoms with Crippen LogP contribution in [0.2, 0.25) is 0 Å². The van der Waals surface area contributed by atoms with Crippen molar-refractivity contribution < 1.29 is 23.0 Å². The molecule has 2 aliphatic rings. The Hall–Kier alpha value is -2.31. The van der Waals surface area contributed by atoms with Crippen molar-refractivity contribution in [2.24, 2.45) is 5.92 Å². The third kappa shape index (κ3) is 3.80. The summed E-state index contributed by atoms with van der Waals surface area (Å²) in [5.41, 5.74) is 1.49. The Morgan fingerprint density at radius 3 is 2.11 bits per heavy atom. The van der Waals surface area contributed by atoms with Crippen LogP contribution in [-0.2, 0) is 14.3 Å². The lowest BCUT2D eigenvalue weighted by Gasteiger charge is -2.38. The van der Waals surface area contributed by atoms with E-state index in [1.807, 2.05) is 0 Å². The van der Waals surface area contributed by atoms with Gasteiger partial charge in [0.05, 0.1) is 19.1 Å². The number of carbonyl (C=O) groups excluding carboxylic acids is 1. The van der Waals surface area contributed by atoms with Crippen LogP contribution >= 0.6 is 0 Å². The molecule has 2 aromatic rings. The maximum absolute atomic E-state index is 13.4. The first-order valence-electron chi connectivity index (χ1n) is 9.55. The predicted molar refractivity (Wildman–Crippen MR) is 99.6 cm³/mol. The van der Waals surface area contributed by atoms with Crippen LogP contribution < -0.4 is 5.32 Å². The van der Waals surface area contributed by atoms with Gasteiger partial charge < -0.3 is 14.8 Å². The number of nitrogens with one attached hydrogen (secondary N) is 1. The third-order valence-corrected chi connectivity index (χ3v) is 5.75. The molecule has 4 rings (SSSR count). The number of esters is 1. The van der Waals surface area contributed by atoms with Crippen molar-refractivity contribution in [2.45, 2.75) is 43.6 Å². The van der Waals surface area contributed by atoms with Gasteiger partial charge in [-0.05, 0) is 54.7 Å². The predicted octanol–water partition coefficient (Wildman–Crippen LogP) is 3.75. The molecular weight excluding hydrogens is 364 g/mol. The Kier molecular flexibility index (Phi) is 5.42. The molecule has 2 saturated heterocycles. The molecule has 0 unspecified atom stereocenters. The highest BCUT2D eigenvalue weighted by Crippen LogP contribution is 2.38. The molecule has 6 heteroatoms. The molecule has 0 spiro atoms. The molecule has 2 heterocycles. The number of halogens is 2. The van der Waals surface area contributed by atoms with Gasteiger partial charge in [0.2, 0.25) is 0 Å².